The summed E-state index contributed by atoms with van der Waals surface area (Å²) in [5, 5.41) is 14.0. The van der Waals surface area contributed by atoms with Crippen LogP contribution in [-0.2, 0) is 9.53 Å². The van der Waals surface area contributed by atoms with Crippen molar-refractivity contribution in [3.63, 3.8) is 0 Å². The number of benzene rings is 1. The van der Waals surface area contributed by atoms with Crippen molar-refractivity contribution in [2.24, 2.45) is 5.92 Å². The van der Waals surface area contributed by atoms with Gasteiger partial charge in [0.05, 0.1) is 23.5 Å². The van der Waals surface area contributed by atoms with Crippen molar-refractivity contribution < 1.29 is 23.8 Å². The van der Waals surface area contributed by atoms with Crippen molar-refractivity contribution in [1.82, 2.24) is 4.90 Å². The van der Waals surface area contributed by atoms with Crippen LogP contribution in [0.25, 0.3) is 0 Å². The molecule has 1 aliphatic carbocycles. The zero-order chi connectivity index (χ0) is 21.1. The summed E-state index contributed by atoms with van der Waals surface area (Å²) in [6.45, 7) is 6.71. The SMILES string of the molecule is CCOC(=O)CCCN1C(=O)c2cc(F)c(NCC3CC3)cc2N(C(C)C)C1O. The Hall–Kier alpha value is -2.35. The Bertz CT molecular complexity index is 767. The van der Waals surface area contributed by atoms with Crippen LogP contribution in [0.5, 0.6) is 0 Å². The Morgan fingerprint density at radius 1 is 1.38 bits per heavy atom. The number of carbonyl (C=O) groups is 2. The second-order valence-electron chi connectivity index (χ2n) is 7.93. The quantitative estimate of drug-likeness (QED) is 0.613. The van der Waals surface area contributed by atoms with Crippen LogP contribution in [0.4, 0.5) is 15.8 Å². The molecule has 1 amide bonds. The summed E-state index contributed by atoms with van der Waals surface area (Å²) in [4.78, 5) is 27.5. The highest BCUT2D eigenvalue weighted by atomic mass is 19.1. The first kappa shape index (κ1) is 21.4. The number of nitrogens with one attached hydrogen (secondary N) is 1. The molecule has 1 fully saturated rings. The number of anilines is 2. The van der Waals surface area contributed by atoms with Gasteiger partial charge in [-0.1, -0.05) is 0 Å². The maximum absolute atomic E-state index is 14.6. The Labute approximate surface area is 170 Å². The Balaban J connectivity index is 1.81. The number of aliphatic hydroxyl groups is 1. The highest BCUT2D eigenvalue weighted by Gasteiger charge is 2.38. The molecule has 1 aliphatic heterocycles. The highest BCUT2D eigenvalue weighted by molar-refractivity contribution is 6.02. The largest absolute Gasteiger partial charge is 0.466 e. The molecule has 1 unspecified atom stereocenters. The lowest BCUT2D eigenvalue weighted by molar-refractivity contribution is -0.143. The summed E-state index contributed by atoms with van der Waals surface area (Å²) in [6, 6.07) is 2.74. The fourth-order valence-electron chi connectivity index (χ4n) is 3.58. The standard InChI is InChI=1S/C21H30FN3O4/c1-4-29-19(26)6-5-9-24-20(27)15-10-16(22)17(23-12-14-7-8-14)11-18(15)25(13(2)3)21(24)28/h10-11,13-14,21,23,28H,4-9,12H2,1-3H3. The van der Waals surface area contributed by atoms with Gasteiger partial charge in [-0.2, -0.15) is 0 Å². The molecule has 0 radical (unpaired) electrons. The monoisotopic (exact) mass is 407 g/mol. The Kier molecular flexibility index (Phi) is 6.62. The van der Waals surface area contributed by atoms with E-state index < -0.39 is 18.1 Å². The van der Waals surface area contributed by atoms with Crippen molar-refractivity contribution in [3.05, 3.63) is 23.5 Å². The van der Waals surface area contributed by atoms with Crippen molar-refractivity contribution in [3.8, 4) is 0 Å². The van der Waals surface area contributed by atoms with Crippen LogP contribution in [0.3, 0.4) is 0 Å². The molecule has 2 aliphatic rings. The molecule has 7 nitrogen and oxygen atoms in total. The number of amides is 1. The van der Waals surface area contributed by atoms with Crippen LogP contribution in [0.1, 0.15) is 56.8 Å². The van der Waals surface area contributed by atoms with E-state index in [9.17, 15) is 19.1 Å². The Morgan fingerprint density at radius 2 is 2.10 bits per heavy atom. The molecule has 2 N–H and O–H groups in total. The minimum Gasteiger partial charge on any atom is -0.466 e. The lowest BCUT2D eigenvalue weighted by atomic mass is 10.0. The van der Waals surface area contributed by atoms with E-state index in [1.54, 1.807) is 17.9 Å². The summed E-state index contributed by atoms with van der Waals surface area (Å²) < 4.78 is 19.5. The van der Waals surface area contributed by atoms with Crippen LogP contribution in [-0.4, -0.2) is 54.0 Å². The van der Waals surface area contributed by atoms with Gasteiger partial charge in [-0.05, 0) is 58.1 Å². The van der Waals surface area contributed by atoms with Gasteiger partial charge in [-0.25, -0.2) is 4.39 Å². The van der Waals surface area contributed by atoms with Crippen LogP contribution >= 0.6 is 0 Å². The molecular weight excluding hydrogens is 377 g/mol. The molecular formula is C21H30FN3O4. The Morgan fingerprint density at radius 3 is 2.72 bits per heavy atom. The van der Waals surface area contributed by atoms with Gasteiger partial charge in [0, 0.05) is 25.6 Å². The van der Waals surface area contributed by atoms with E-state index in [1.807, 2.05) is 13.8 Å². The number of fused-ring (bicyclic) bond motifs is 1. The van der Waals surface area contributed by atoms with Gasteiger partial charge in [0.1, 0.15) is 5.82 Å². The van der Waals surface area contributed by atoms with E-state index >= 15 is 0 Å². The smallest absolute Gasteiger partial charge is 0.305 e. The fourth-order valence-corrected chi connectivity index (χ4v) is 3.58. The first-order chi connectivity index (χ1) is 13.8. The maximum Gasteiger partial charge on any atom is 0.305 e. The van der Waals surface area contributed by atoms with Gasteiger partial charge in [-0.3, -0.25) is 14.5 Å². The van der Waals surface area contributed by atoms with E-state index in [0.717, 1.165) is 12.8 Å². The number of hydrogen-bond acceptors (Lipinski definition) is 6. The molecule has 29 heavy (non-hydrogen) atoms. The molecule has 160 valence electrons. The van der Waals surface area contributed by atoms with E-state index in [4.69, 9.17) is 4.74 Å². The number of hydrogen-bond donors (Lipinski definition) is 2. The summed E-state index contributed by atoms with van der Waals surface area (Å²) in [5.74, 6) is -0.691. The predicted molar refractivity (Wildman–Crippen MR) is 108 cm³/mol. The van der Waals surface area contributed by atoms with E-state index in [2.05, 4.69) is 5.32 Å². The molecule has 0 bridgehead atoms. The van der Waals surface area contributed by atoms with E-state index in [1.165, 1.54) is 11.0 Å². The third-order valence-electron chi connectivity index (χ3n) is 5.30. The molecule has 1 saturated carbocycles. The van der Waals surface area contributed by atoms with Gasteiger partial charge in [0.15, 0.2) is 0 Å². The van der Waals surface area contributed by atoms with Crippen LogP contribution < -0.4 is 10.2 Å². The molecule has 1 atom stereocenters. The van der Waals surface area contributed by atoms with Gasteiger partial charge in [0.2, 0.25) is 6.35 Å². The number of nitrogens with zero attached hydrogens (tertiary/aromatic N) is 2. The van der Waals surface area contributed by atoms with Crippen LogP contribution in [0.15, 0.2) is 12.1 Å². The maximum atomic E-state index is 14.6. The van der Waals surface area contributed by atoms with Crippen molar-refractivity contribution >= 4 is 23.3 Å². The number of aliphatic hydroxyl groups excluding tert-OH is 1. The zero-order valence-corrected chi connectivity index (χ0v) is 17.3. The molecule has 8 heteroatoms. The van der Waals surface area contributed by atoms with Gasteiger partial charge >= 0.3 is 5.97 Å². The zero-order valence-electron chi connectivity index (χ0n) is 17.3. The molecule has 1 aromatic carbocycles. The lowest BCUT2D eigenvalue weighted by Crippen LogP contribution is -2.57. The minimum absolute atomic E-state index is 0.119. The van der Waals surface area contributed by atoms with E-state index in [0.29, 0.717) is 36.9 Å². The average Bonchev–Trinajstić information content (AvgIpc) is 3.48. The number of carbonyl (C=O) groups excluding carboxylic acids is 2. The van der Waals surface area contributed by atoms with Crippen molar-refractivity contribution in [2.45, 2.75) is 58.8 Å². The minimum atomic E-state index is -1.18. The number of ether oxygens (including phenoxy) is 1. The predicted octanol–water partition coefficient (Wildman–Crippen LogP) is 2.94. The summed E-state index contributed by atoms with van der Waals surface area (Å²) in [7, 11) is 0. The van der Waals surface area contributed by atoms with Crippen LogP contribution in [0.2, 0.25) is 0 Å². The van der Waals surface area contributed by atoms with Gasteiger partial charge < -0.3 is 20.1 Å². The second-order valence-corrected chi connectivity index (χ2v) is 7.93. The van der Waals surface area contributed by atoms with Crippen molar-refractivity contribution in [2.75, 3.05) is 29.9 Å². The first-order valence-corrected chi connectivity index (χ1v) is 10.3. The molecule has 3 rings (SSSR count). The number of rotatable bonds is 9. The fraction of sp³-hybridized carbons (Fsp3) is 0.619. The lowest BCUT2D eigenvalue weighted by Gasteiger charge is -2.44. The van der Waals surface area contributed by atoms with Gasteiger partial charge in [0.25, 0.3) is 5.91 Å². The number of halogens is 1. The summed E-state index contributed by atoms with van der Waals surface area (Å²) in [5.41, 5.74) is 1.07. The molecule has 0 aromatic heterocycles. The average molecular weight is 407 g/mol. The first-order valence-electron chi connectivity index (χ1n) is 10.3. The highest BCUT2D eigenvalue weighted by Crippen LogP contribution is 2.36. The van der Waals surface area contributed by atoms with E-state index in [-0.39, 0.29) is 30.5 Å². The van der Waals surface area contributed by atoms with Crippen molar-refractivity contribution in [1.29, 1.82) is 0 Å². The van der Waals surface area contributed by atoms with Gasteiger partial charge in [-0.15, -0.1) is 0 Å². The topological polar surface area (TPSA) is 82.1 Å². The third-order valence-corrected chi connectivity index (χ3v) is 5.30. The summed E-state index contributed by atoms with van der Waals surface area (Å²) in [6.07, 6.45) is 1.62. The van der Waals surface area contributed by atoms with Crippen LogP contribution in [0, 0.1) is 11.7 Å². The summed E-state index contributed by atoms with van der Waals surface area (Å²) >= 11 is 0. The molecule has 0 saturated heterocycles. The molecule has 1 aromatic rings. The number of esters is 1. The molecule has 1 heterocycles. The second kappa shape index (κ2) is 8.98. The normalized spacial score (nSPS) is 18.8. The third kappa shape index (κ3) is 4.80. The molecule has 0 spiro atoms.